The molecule has 1 aliphatic heterocycles. The number of sulfone groups is 1. The zero-order valence-corrected chi connectivity index (χ0v) is 11.6. The molecule has 0 aromatic heterocycles. The van der Waals surface area contributed by atoms with E-state index in [2.05, 4.69) is 0 Å². The summed E-state index contributed by atoms with van der Waals surface area (Å²) in [5, 5.41) is 9.68. The van der Waals surface area contributed by atoms with Gasteiger partial charge in [0.2, 0.25) is 0 Å². The Morgan fingerprint density at radius 3 is 2.58 bits per heavy atom. The molecule has 1 aliphatic rings. The SMILES string of the molecule is CC(=O)c1cc(C)ccc1OC1CS(=O)(=O)CC1O. The zero-order valence-electron chi connectivity index (χ0n) is 10.8. The van der Waals surface area contributed by atoms with Crippen molar-refractivity contribution in [2.45, 2.75) is 26.1 Å². The van der Waals surface area contributed by atoms with E-state index in [-0.39, 0.29) is 17.3 Å². The molecule has 5 nitrogen and oxygen atoms in total. The summed E-state index contributed by atoms with van der Waals surface area (Å²) in [7, 11) is -3.27. The first kappa shape index (κ1) is 14.0. The highest BCUT2D eigenvalue weighted by Crippen LogP contribution is 2.25. The minimum atomic E-state index is -3.27. The molecule has 0 saturated carbocycles. The van der Waals surface area contributed by atoms with Gasteiger partial charge in [0.05, 0.1) is 17.1 Å². The van der Waals surface area contributed by atoms with Crippen LogP contribution in [0.1, 0.15) is 22.8 Å². The van der Waals surface area contributed by atoms with Crippen molar-refractivity contribution in [1.82, 2.24) is 0 Å². The summed E-state index contributed by atoms with van der Waals surface area (Å²) in [5.74, 6) is -0.355. The number of ketones is 1. The third-order valence-electron chi connectivity index (χ3n) is 3.06. The van der Waals surface area contributed by atoms with Gasteiger partial charge in [0.1, 0.15) is 18.0 Å². The molecular weight excluding hydrogens is 268 g/mol. The van der Waals surface area contributed by atoms with E-state index in [0.717, 1.165) is 5.56 Å². The van der Waals surface area contributed by atoms with Crippen LogP contribution in [0.2, 0.25) is 0 Å². The third kappa shape index (κ3) is 3.13. The van der Waals surface area contributed by atoms with Gasteiger partial charge in [-0.05, 0) is 26.0 Å². The molecule has 6 heteroatoms. The monoisotopic (exact) mass is 284 g/mol. The van der Waals surface area contributed by atoms with Crippen LogP contribution in [0, 0.1) is 6.92 Å². The topological polar surface area (TPSA) is 80.7 Å². The van der Waals surface area contributed by atoms with Crippen molar-refractivity contribution in [2.24, 2.45) is 0 Å². The minimum absolute atomic E-state index is 0.158. The molecule has 1 aromatic carbocycles. The van der Waals surface area contributed by atoms with E-state index in [9.17, 15) is 18.3 Å². The lowest BCUT2D eigenvalue weighted by Crippen LogP contribution is -2.30. The molecule has 2 rings (SSSR count). The highest BCUT2D eigenvalue weighted by molar-refractivity contribution is 7.91. The normalized spacial score (nSPS) is 25.2. The van der Waals surface area contributed by atoms with Crippen LogP contribution in [-0.4, -0.2) is 43.0 Å². The van der Waals surface area contributed by atoms with Crippen LogP contribution < -0.4 is 4.74 Å². The standard InChI is InChI=1S/C13H16O5S/c1-8-3-4-12(10(5-8)9(2)14)18-13-7-19(16,17)6-11(13)15/h3-5,11,13,15H,6-7H2,1-2H3. The van der Waals surface area contributed by atoms with Gasteiger partial charge in [-0.3, -0.25) is 4.79 Å². The molecule has 2 unspecified atom stereocenters. The molecule has 1 aromatic rings. The fraction of sp³-hybridized carbons (Fsp3) is 0.462. The van der Waals surface area contributed by atoms with Crippen LogP contribution in [0.15, 0.2) is 18.2 Å². The lowest BCUT2D eigenvalue weighted by Gasteiger charge is -2.17. The Kier molecular flexibility index (Phi) is 3.64. The van der Waals surface area contributed by atoms with Gasteiger partial charge in [-0.2, -0.15) is 0 Å². The molecule has 2 atom stereocenters. The highest BCUT2D eigenvalue weighted by atomic mass is 32.2. The second kappa shape index (κ2) is 4.94. The van der Waals surface area contributed by atoms with Gasteiger partial charge in [0.25, 0.3) is 0 Å². The molecule has 0 bridgehead atoms. The van der Waals surface area contributed by atoms with E-state index in [1.165, 1.54) is 6.92 Å². The Hall–Kier alpha value is -1.40. The Labute approximate surface area is 112 Å². The summed E-state index contributed by atoms with van der Waals surface area (Å²) in [6, 6.07) is 5.09. The maximum absolute atomic E-state index is 11.5. The van der Waals surface area contributed by atoms with E-state index in [1.807, 2.05) is 6.92 Å². The van der Waals surface area contributed by atoms with Crippen LogP contribution in [0.25, 0.3) is 0 Å². The summed E-state index contributed by atoms with van der Waals surface area (Å²) in [6.07, 6.45) is -1.86. The molecule has 0 amide bonds. The molecule has 1 saturated heterocycles. The predicted octanol–water partition coefficient (Wildman–Crippen LogP) is 0.734. The van der Waals surface area contributed by atoms with Gasteiger partial charge in [0.15, 0.2) is 15.6 Å². The first-order valence-corrected chi connectivity index (χ1v) is 7.77. The average molecular weight is 284 g/mol. The lowest BCUT2D eigenvalue weighted by molar-refractivity contribution is 0.0722. The Morgan fingerprint density at radius 2 is 2.05 bits per heavy atom. The number of aliphatic hydroxyl groups is 1. The van der Waals surface area contributed by atoms with Crippen molar-refractivity contribution in [3.63, 3.8) is 0 Å². The van der Waals surface area contributed by atoms with Crippen LogP contribution in [0.5, 0.6) is 5.75 Å². The average Bonchev–Trinajstić information content (AvgIpc) is 2.54. The summed E-state index contributed by atoms with van der Waals surface area (Å²) in [4.78, 5) is 11.5. The number of rotatable bonds is 3. The number of aryl methyl sites for hydroxylation is 1. The van der Waals surface area contributed by atoms with Crippen molar-refractivity contribution >= 4 is 15.6 Å². The summed E-state index contributed by atoms with van der Waals surface area (Å²) in [5.41, 5.74) is 1.31. The number of benzene rings is 1. The highest BCUT2D eigenvalue weighted by Gasteiger charge is 2.38. The number of aliphatic hydroxyl groups excluding tert-OH is 1. The number of carbonyl (C=O) groups excluding carboxylic acids is 1. The van der Waals surface area contributed by atoms with Gasteiger partial charge < -0.3 is 9.84 Å². The van der Waals surface area contributed by atoms with Crippen molar-refractivity contribution in [1.29, 1.82) is 0 Å². The second-order valence-electron chi connectivity index (χ2n) is 4.86. The van der Waals surface area contributed by atoms with Crippen LogP contribution in [-0.2, 0) is 9.84 Å². The summed E-state index contributed by atoms with van der Waals surface area (Å²) >= 11 is 0. The van der Waals surface area contributed by atoms with E-state index in [1.54, 1.807) is 18.2 Å². The number of ether oxygens (including phenoxy) is 1. The largest absolute Gasteiger partial charge is 0.486 e. The smallest absolute Gasteiger partial charge is 0.163 e. The van der Waals surface area contributed by atoms with Crippen LogP contribution in [0.4, 0.5) is 0 Å². The first-order valence-electron chi connectivity index (χ1n) is 5.95. The molecule has 0 aliphatic carbocycles. The van der Waals surface area contributed by atoms with Crippen molar-refractivity contribution in [3.05, 3.63) is 29.3 Å². The quantitative estimate of drug-likeness (QED) is 0.828. The minimum Gasteiger partial charge on any atom is -0.486 e. The second-order valence-corrected chi connectivity index (χ2v) is 7.01. The molecule has 104 valence electrons. The molecule has 19 heavy (non-hydrogen) atoms. The maximum atomic E-state index is 11.5. The third-order valence-corrected chi connectivity index (χ3v) is 4.75. The maximum Gasteiger partial charge on any atom is 0.163 e. The molecule has 0 spiro atoms. The number of hydrogen-bond acceptors (Lipinski definition) is 5. The fourth-order valence-corrected chi connectivity index (χ4v) is 3.76. The van der Waals surface area contributed by atoms with E-state index in [0.29, 0.717) is 11.3 Å². The lowest BCUT2D eigenvalue weighted by atomic mass is 10.1. The Balaban J connectivity index is 2.27. The number of carbonyl (C=O) groups is 1. The van der Waals surface area contributed by atoms with E-state index in [4.69, 9.17) is 4.74 Å². The van der Waals surface area contributed by atoms with E-state index < -0.39 is 22.0 Å². The van der Waals surface area contributed by atoms with Gasteiger partial charge in [-0.15, -0.1) is 0 Å². The molecule has 1 fully saturated rings. The van der Waals surface area contributed by atoms with Crippen LogP contribution >= 0.6 is 0 Å². The van der Waals surface area contributed by atoms with Gasteiger partial charge in [-0.1, -0.05) is 11.6 Å². The Bertz CT molecular complexity index is 605. The molecule has 1 N–H and O–H groups in total. The van der Waals surface area contributed by atoms with Crippen molar-refractivity contribution < 1.29 is 23.1 Å². The number of hydrogen-bond donors (Lipinski definition) is 1. The molecule has 0 radical (unpaired) electrons. The first-order chi connectivity index (χ1) is 8.78. The van der Waals surface area contributed by atoms with E-state index >= 15 is 0 Å². The molecule has 1 heterocycles. The van der Waals surface area contributed by atoms with Crippen LogP contribution in [0.3, 0.4) is 0 Å². The number of Topliss-reactive ketones (excluding diaryl/α,β-unsaturated/α-hetero) is 1. The van der Waals surface area contributed by atoms with Crippen molar-refractivity contribution in [2.75, 3.05) is 11.5 Å². The summed E-state index contributed by atoms with van der Waals surface area (Å²) < 4.78 is 28.3. The zero-order chi connectivity index (χ0) is 14.2. The Morgan fingerprint density at radius 1 is 1.37 bits per heavy atom. The fourth-order valence-electron chi connectivity index (χ4n) is 2.09. The van der Waals surface area contributed by atoms with Crippen molar-refractivity contribution in [3.8, 4) is 5.75 Å². The van der Waals surface area contributed by atoms with Gasteiger partial charge in [-0.25, -0.2) is 8.42 Å². The van der Waals surface area contributed by atoms with Gasteiger partial charge >= 0.3 is 0 Å². The van der Waals surface area contributed by atoms with Gasteiger partial charge in [0, 0.05) is 0 Å². The summed E-state index contributed by atoms with van der Waals surface area (Å²) in [6.45, 7) is 3.27. The predicted molar refractivity (Wildman–Crippen MR) is 70.3 cm³/mol. The molecular formula is C13H16O5S.